The Bertz CT molecular complexity index is 548. The summed E-state index contributed by atoms with van der Waals surface area (Å²) in [6.45, 7) is 4.03. The van der Waals surface area contributed by atoms with Crippen molar-refractivity contribution in [2.75, 3.05) is 0 Å². The van der Waals surface area contributed by atoms with Crippen LogP contribution >= 0.6 is 0 Å². The summed E-state index contributed by atoms with van der Waals surface area (Å²) in [5, 5.41) is 11.9. The molecule has 2 rings (SSSR count). The summed E-state index contributed by atoms with van der Waals surface area (Å²) in [5.74, 6) is -0.944. The number of carboxylic acid groups (broad SMARTS) is 1. The third-order valence-electron chi connectivity index (χ3n) is 3.60. The van der Waals surface area contributed by atoms with Crippen LogP contribution in [-0.2, 0) is 4.79 Å². The lowest BCUT2D eigenvalue weighted by Gasteiger charge is -2.32. The van der Waals surface area contributed by atoms with Crippen molar-refractivity contribution in [2.24, 2.45) is 5.92 Å². The Hall–Kier alpha value is -2.10. The van der Waals surface area contributed by atoms with Crippen LogP contribution in [0.2, 0.25) is 0 Å². The van der Waals surface area contributed by atoms with Crippen molar-refractivity contribution in [3.05, 3.63) is 41.5 Å². The van der Waals surface area contributed by atoms with E-state index in [1.807, 2.05) is 19.9 Å². The number of fused-ring (bicyclic) bond motifs is 1. The van der Waals surface area contributed by atoms with E-state index in [1.165, 1.54) is 6.08 Å². The van der Waals surface area contributed by atoms with Gasteiger partial charge in [-0.25, -0.2) is 4.79 Å². The zero-order chi connectivity index (χ0) is 14.0. The minimum Gasteiger partial charge on any atom is -0.478 e. The molecule has 1 aliphatic rings. The van der Waals surface area contributed by atoms with E-state index in [4.69, 9.17) is 5.11 Å². The molecule has 4 heteroatoms. The van der Waals surface area contributed by atoms with Gasteiger partial charge in [-0.3, -0.25) is 4.79 Å². The predicted molar refractivity (Wildman–Crippen MR) is 72.8 cm³/mol. The average molecular weight is 259 g/mol. The maximum Gasteiger partial charge on any atom is 0.328 e. The molecule has 0 bridgehead atoms. The van der Waals surface area contributed by atoms with E-state index in [0.717, 1.165) is 12.0 Å². The summed E-state index contributed by atoms with van der Waals surface area (Å²) in [4.78, 5) is 23.1. The number of hydrogen-bond donors (Lipinski definition) is 2. The quantitative estimate of drug-likeness (QED) is 0.819. The van der Waals surface area contributed by atoms with Gasteiger partial charge in [-0.05, 0) is 23.1 Å². The van der Waals surface area contributed by atoms with Crippen molar-refractivity contribution in [3.8, 4) is 0 Å². The minimum absolute atomic E-state index is 0.136. The molecule has 0 saturated heterocycles. The molecule has 0 fully saturated rings. The van der Waals surface area contributed by atoms with E-state index >= 15 is 0 Å². The molecule has 100 valence electrons. The summed E-state index contributed by atoms with van der Waals surface area (Å²) >= 11 is 0. The molecule has 1 aliphatic heterocycles. The molecule has 19 heavy (non-hydrogen) atoms. The number of benzene rings is 1. The highest BCUT2D eigenvalue weighted by Gasteiger charge is 2.31. The Morgan fingerprint density at radius 2 is 2.05 bits per heavy atom. The van der Waals surface area contributed by atoms with E-state index < -0.39 is 5.97 Å². The smallest absolute Gasteiger partial charge is 0.328 e. The molecule has 2 atom stereocenters. The van der Waals surface area contributed by atoms with Crippen molar-refractivity contribution in [1.29, 1.82) is 0 Å². The van der Waals surface area contributed by atoms with E-state index in [9.17, 15) is 9.59 Å². The topological polar surface area (TPSA) is 66.4 Å². The summed E-state index contributed by atoms with van der Waals surface area (Å²) in [6.07, 6.45) is 2.07. The molecule has 2 N–H and O–H groups in total. The molecule has 0 saturated carbocycles. The molecule has 0 aliphatic carbocycles. The number of carboxylic acids is 1. The second-order valence-corrected chi connectivity index (χ2v) is 4.82. The standard InChI is InChI=1S/C15H17NO3/c1-3-9(2)14-12(8-13(17)18)10-6-4-5-7-11(10)15(19)16-14/h4-9,14H,3H2,1-2H3,(H,16,19)(H,17,18). The first-order chi connectivity index (χ1) is 9.04. The van der Waals surface area contributed by atoms with Gasteiger partial charge in [-0.2, -0.15) is 0 Å². The number of hydrogen-bond acceptors (Lipinski definition) is 2. The van der Waals surface area contributed by atoms with Gasteiger partial charge in [-0.15, -0.1) is 0 Å². The first kappa shape index (κ1) is 13.3. The van der Waals surface area contributed by atoms with Crippen molar-refractivity contribution in [1.82, 2.24) is 5.32 Å². The predicted octanol–water partition coefficient (Wildman–Crippen LogP) is 2.31. The fraction of sp³-hybridized carbons (Fsp3) is 0.333. The van der Waals surface area contributed by atoms with Gasteiger partial charge >= 0.3 is 5.97 Å². The van der Waals surface area contributed by atoms with Crippen LogP contribution in [0.25, 0.3) is 5.57 Å². The first-order valence-electron chi connectivity index (χ1n) is 6.39. The Morgan fingerprint density at radius 3 is 2.63 bits per heavy atom. The third kappa shape index (κ3) is 2.52. The average Bonchev–Trinajstić information content (AvgIpc) is 2.40. The zero-order valence-corrected chi connectivity index (χ0v) is 11.0. The van der Waals surface area contributed by atoms with Crippen LogP contribution in [0.5, 0.6) is 0 Å². The molecule has 1 aromatic carbocycles. The number of amides is 1. The second-order valence-electron chi connectivity index (χ2n) is 4.82. The number of nitrogens with one attached hydrogen (secondary N) is 1. The number of rotatable bonds is 3. The molecule has 1 amide bonds. The Kier molecular flexibility index (Phi) is 3.69. The Morgan fingerprint density at radius 1 is 1.42 bits per heavy atom. The van der Waals surface area contributed by atoms with Gasteiger partial charge in [0.25, 0.3) is 5.91 Å². The molecular formula is C15H17NO3. The largest absolute Gasteiger partial charge is 0.478 e. The number of carbonyl (C=O) groups is 2. The van der Waals surface area contributed by atoms with Crippen LogP contribution in [0.3, 0.4) is 0 Å². The Balaban J connectivity index is 2.57. The van der Waals surface area contributed by atoms with Gasteiger partial charge < -0.3 is 10.4 Å². The number of carbonyl (C=O) groups excluding carboxylic acids is 1. The zero-order valence-electron chi connectivity index (χ0n) is 11.0. The van der Waals surface area contributed by atoms with Crippen LogP contribution in [-0.4, -0.2) is 23.0 Å². The van der Waals surface area contributed by atoms with Crippen LogP contribution in [0.15, 0.2) is 30.3 Å². The number of aliphatic carboxylic acids is 1. The first-order valence-corrected chi connectivity index (χ1v) is 6.39. The highest BCUT2D eigenvalue weighted by atomic mass is 16.4. The lowest BCUT2D eigenvalue weighted by molar-refractivity contribution is -0.131. The molecule has 4 nitrogen and oxygen atoms in total. The van der Waals surface area contributed by atoms with Crippen molar-refractivity contribution in [2.45, 2.75) is 26.3 Å². The van der Waals surface area contributed by atoms with Gasteiger partial charge in [0.2, 0.25) is 0 Å². The lowest BCUT2D eigenvalue weighted by atomic mass is 9.82. The summed E-state index contributed by atoms with van der Waals surface area (Å²) in [7, 11) is 0. The van der Waals surface area contributed by atoms with Crippen LogP contribution in [0.4, 0.5) is 0 Å². The molecule has 2 unspecified atom stereocenters. The van der Waals surface area contributed by atoms with Crippen molar-refractivity contribution in [3.63, 3.8) is 0 Å². The fourth-order valence-corrected chi connectivity index (χ4v) is 2.38. The normalized spacial score (nSPS) is 21.7. The summed E-state index contributed by atoms with van der Waals surface area (Å²) < 4.78 is 0. The van der Waals surface area contributed by atoms with E-state index in [1.54, 1.807) is 18.2 Å². The van der Waals surface area contributed by atoms with Gasteiger partial charge in [0, 0.05) is 11.6 Å². The van der Waals surface area contributed by atoms with E-state index in [-0.39, 0.29) is 17.9 Å². The highest BCUT2D eigenvalue weighted by Crippen LogP contribution is 2.31. The Labute approximate surface area is 112 Å². The van der Waals surface area contributed by atoms with E-state index in [2.05, 4.69) is 5.32 Å². The van der Waals surface area contributed by atoms with Crippen molar-refractivity contribution >= 4 is 17.4 Å². The SMILES string of the molecule is CCC(C)C1NC(=O)c2ccccc2C1=CC(=O)O. The van der Waals surface area contributed by atoms with Crippen molar-refractivity contribution < 1.29 is 14.7 Å². The van der Waals surface area contributed by atoms with Crippen LogP contribution < -0.4 is 5.32 Å². The van der Waals surface area contributed by atoms with Gasteiger partial charge in [-0.1, -0.05) is 38.5 Å². The van der Waals surface area contributed by atoms with Gasteiger partial charge in [0.15, 0.2) is 0 Å². The molecule has 1 aromatic rings. The molecule has 1 heterocycles. The minimum atomic E-state index is -0.991. The maximum atomic E-state index is 12.1. The molecule has 0 radical (unpaired) electrons. The summed E-state index contributed by atoms with van der Waals surface area (Å²) in [5.41, 5.74) is 1.94. The summed E-state index contributed by atoms with van der Waals surface area (Å²) in [6, 6.07) is 6.87. The monoisotopic (exact) mass is 259 g/mol. The van der Waals surface area contributed by atoms with E-state index in [0.29, 0.717) is 11.1 Å². The van der Waals surface area contributed by atoms with Crippen LogP contribution in [0, 0.1) is 5.92 Å². The molecule has 0 spiro atoms. The molecule has 0 aromatic heterocycles. The van der Waals surface area contributed by atoms with Gasteiger partial charge in [0.1, 0.15) is 0 Å². The highest BCUT2D eigenvalue weighted by molar-refractivity contribution is 6.06. The fourth-order valence-electron chi connectivity index (χ4n) is 2.38. The molecular weight excluding hydrogens is 242 g/mol. The van der Waals surface area contributed by atoms with Crippen LogP contribution in [0.1, 0.15) is 36.2 Å². The maximum absolute atomic E-state index is 12.1. The lowest BCUT2D eigenvalue weighted by Crippen LogP contribution is -2.44. The van der Waals surface area contributed by atoms with Gasteiger partial charge in [0.05, 0.1) is 6.04 Å². The second kappa shape index (κ2) is 5.26. The third-order valence-corrected chi connectivity index (χ3v) is 3.60.